The largest absolute Gasteiger partial charge is 0.496 e. The van der Waals surface area contributed by atoms with E-state index < -0.39 is 0 Å². The molecule has 0 spiro atoms. The Morgan fingerprint density at radius 1 is 1.32 bits per heavy atom. The lowest BCUT2D eigenvalue weighted by Gasteiger charge is -2.12. The highest BCUT2D eigenvalue weighted by atomic mass is 79.9. The normalized spacial score (nSPS) is 10.3. The van der Waals surface area contributed by atoms with Crippen molar-refractivity contribution in [3.05, 3.63) is 52.3 Å². The molecular formula is C14H14BrFN2O. The second kappa shape index (κ2) is 5.93. The van der Waals surface area contributed by atoms with Crippen LogP contribution in [0.15, 0.2) is 40.9 Å². The number of para-hydroxylation sites is 1. The van der Waals surface area contributed by atoms with Gasteiger partial charge in [0.1, 0.15) is 11.6 Å². The molecule has 0 aromatic heterocycles. The number of benzene rings is 2. The van der Waals surface area contributed by atoms with E-state index >= 15 is 0 Å². The topological polar surface area (TPSA) is 47.3 Å². The van der Waals surface area contributed by atoms with Gasteiger partial charge in [-0.15, -0.1) is 0 Å². The molecule has 0 aliphatic rings. The standard InChI is InChI=1S/C14H14BrFN2O/c1-19-14-5-3-2-4-9(14)8-18-13-6-10(15)11(16)7-12(13)17/h2-7,18H,8,17H2,1H3. The number of nitrogens with one attached hydrogen (secondary N) is 1. The van der Waals surface area contributed by atoms with Gasteiger partial charge in [-0.25, -0.2) is 4.39 Å². The molecule has 19 heavy (non-hydrogen) atoms. The molecule has 0 bridgehead atoms. The van der Waals surface area contributed by atoms with Crippen molar-refractivity contribution in [1.82, 2.24) is 0 Å². The first kappa shape index (κ1) is 13.7. The van der Waals surface area contributed by atoms with Gasteiger partial charge in [-0.1, -0.05) is 18.2 Å². The molecule has 0 radical (unpaired) electrons. The van der Waals surface area contributed by atoms with Crippen LogP contribution in [-0.2, 0) is 6.54 Å². The molecular weight excluding hydrogens is 311 g/mol. The highest BCUT2D eigenvalue weighted by molar-refractivity contribution is 9.10. The Bertz CT molecular complexity index is 590. The molecule has 0 atom stereocenters. The number of halogens is 2. The molecule has 0 saturated carbocycles. The van der Waals surface area contributed by atoms with E-state index in [1.165, 1.54) is 6.07 Å². The van der Waals surface area contributed by atoms with Crippen molar-refractivity contribution in [3.8, 4) is 5.75 Å². The summed E-state index contributed by atoms with van der Waals surface area (Å²) in [4.78, 5) is 0. The first-order valence-corrected chi connectivity index (χ1v) is 6.51. The minimum Gasteiger partial charge on any atom is -0.496 e. The first-order chi connectivity index (χ1) is 9.11. The van der Waals surface area contributed by atoms with E-state index in [1.807, 2.05) is 24.3 Å². The van der Waals surface area contributed by atoms with Crippen molar-refractivity contribution in [1.29, 1.82) is 0 Å². The average molecular weight is 325 g/mol. The molecule has 0 aliphatic carbocycles. The lowest BCUT2D eigenvalue weighted by molar-refractivity contribution is 0.410. The van der Waals surface area contributed by atoms with Crippen LogP contribution < -0.4 is 15.8 Å². The van der Waals surface area contributed by atoms with Gasteiger partial charge in [0, 0.05) is 18.2 Å². The van der Waals surface area contributed by atoms with Crippen LogP contribution >= 0.6 is 15.9 Å². The number of nitrogens with two attached hydrogens (primary N) is 1. The van der Waals surface area contributed by atoms with Gasteiger partial charge in [0.15, 0.2) is 0 Å². The highest BCUT2D eigenvalue weighted by Gasteiger charge is 2.07. The van der Waals surface area contributed by atoms with E-state index in [0.29, 0.717) is 22.4 Å². The van der Waals surface area contributed by atoms with Gasteiger partial charge in [-0.2, -0.15) is 0 Å². The third kappa shape index (κ3) is 3.17. The van der Waals surface area contributed by atoms with Crippen molar-refractivity contribution in [2.24, 2.45) is 0 Å². The number of hydrogen-bond acceptors (Lipinski definition) is 3. The molecule has 0 fully saturated rings. The molecule has 0 unspecified atom stereocenters. The van der Waals surface area contributed by atoms with Crippen molar-refractivity contribution in [2.75, 3.05) is 18.2 Å². The average Bonchev–Trinajstić information content (AvgIpc) is 2.41. The Hall–Kier alpha value is -1.75. The molecule has 0 heterocycles. The van der Waals surface area contributed by atoms with Gasteiger partial charge in [-0.3, -0.25) is 0 Å². The third-order valence-corrected chi connectivity index (χ3v) is 3.36. The molecule has 100 valence electrons. The predicted octanol–water partition coefficient (Wildman–Crippen LogP) is 3.79. The van der Waals surface area contributed by atoms with Gasteiger partial charge in [0.05, 0.1) is 23.0 Å². The van der Waals surface area contributed by atoms with E-state index in [-0.39, 0.29) is 5.82 Å². The Kier molecular flexibility index (Phi) is 4.27. The Morgan fingerprint density at radius 3 is 2.79 bits per heavy atom. The number of hydrogen-bond donors (Lipinski definition) is 2. The van der Waals surface area contributed by atoms with Crippen LogP contribution in [0.2, 0.25) is 0 Å². The fraction of sp³-hybridized carbons (Fsp3) is 0.143. The summed E-state index contributed by atoms with van der Waals surface area (Å²) in [5.41, 5.74) is 7.83. The third-order valence-electron chi connectivity index (χ3n) is 2.75. The number of ether oxygens (including phenoxy) is 1. The van der Waals surface area contributed by atoms with Crippen LogP contribution in [0.1, 0.15) is 5.56 Å². The van der Waals surface area contributed by atoms with Gasteiger partial charge in [0.2, 0.25) is 0 Å². The van der Waals surface area contributed by atoms with Crippen molar-refractivity contribution in [3.63, 3.8) is 0 Å². The minimum absolute atomic E-state index is 0.371. The van der Waals surface area contributed by atoms with Crippen LogP contribution in [-0.4, -0.2) is 7.11 Å². The molecule has 3 N–H and O–H groups in total. The SMILES string of the molecule is COc1ccccc1CNc1cc(Br)c(F)cc1N. The van der Waals surface area contributed by atoms with Gasteiger partial charge in [-0.05, 0) is 28.1 Å². The van der Waals surface area contributed by atoms with Crippen molar-refractivity contribution >= 4 is 27.3 Å². The Balaban J connectivity index is 2.17. The highest BCUT2D eigenvalue weighted by Crippen LogP contribution is 2.27. The zero-order chi connectivity index (χ0) is 13.8. The minimum atomic E-state index is -0.375. The maximum absolute atomic E-state index is 13.3. The predicted molar refractivity (Wildman–Crippen MR) is 78.8 cm³/mol. The summed E-state index contributed by atoms with van der Waals surface area (Å²) in [6.45, 7) is 0.548. The second-order valence-electron chi connectivity index (χ2n) is 4.02. The summed E-state index contributed by atoms with van der Waals surface area (Å²) in [5, 5.41) is 3.17. The van der Waals surface area contributed by atoms with Crippen molar-refractivity contribution in [2.45, 2.75) is 6.54 Å². The summed E-state index contributed by atoms with van der Waals surface area (Å²) in [5.74, 6) is 0.426. The second-order valence-corrected chi connectivity index (χ2v) is 4.87. The van der Waals surface area contributed by atoms with Crippen LogP contribution in [0.4, 0.5) is 15.8 Å². The molecule has 5 heteroatoms. The van der Waals surface area contributed by atoms with Crippen LogP contribution in [0, 0.1) is 5.82 Å². The monoisotopic (exact) mass is 324 g/mol. The smallest absolute Gasteiger partial charge is 0.139 e. The molecule has 3 nitrogen and oxygen atoms in total. The molecule has 2 aromatic rings. The van der Waals surface area contributed by atoms with Gasteiger partial charge < -0.3 is 15.8 Å². The Labute approximate surface area is 119 Å². The maximum Gasteiger partial charge on any atom is 0.139 e. The quantitative estimate of drug-likeness (QED) is 0.841. The van der Waals surface area contributed by atoms with E-state index in [0.717, 1.165) is 11.3 Å². The van der Waals surface area contributed by atoms with E-state index in [4.69, 9.17) is 10.5 Å². The lowest BCUT2D eigenvalue weighted by atomic mass is 10.2. The first-order valence-electron chi connectivity index (χ1n) is 5.72. The zero-order valence-electron chi connectivity index (χ0n) is 10.4. The fourth-order valence-electron chi connectivity index (χ4n) is 1.75. The number of methoxy groups -OCH3 is 1. The van der Waals surface area contributed by atoms with E-state index in [1.54, 1.807) is 13.2 Å². The Morgan fingerprint density at radius 2 is 2.05 bits per heavy atom. The number of anilines is 2. The maximum atomic E-state index is 13.3. The van der Waals surface area contributed by atoms with Gasteiger partial charge >= 0.3 is 0 Å². The van der Waals surface area contributed by atoms with Crippen LogP contribution in [0.5, 0.6) is 5.75 Å². The summed E-state index contributed by atoms with van der Waals surface area (Å²) < 4.78 is 18.9. The van der Waals surface area contributed by atoms with Gasteiger partial charge in [0.25, 0.3) is 0 Å². The fourth-order valence-corrected chi connectivity index (χ4v) is 2.10. The molecule has 0 amide bonds. The number of rotatable bonds is 4. The van der Waals surface area contributed by atoms with Crippen molar-refractivity contribution < 1.29 is 9.13 Å². The van der Waals surface area contributed by atoms with Crippen LogP contribution in [0.3, 0.4) is 0 Å². The van der Waals surface area contributed by atoms with E-state index in [9.17, 15) is 4.39 Å². The molecule has 0 aliphatic heterocycles. The lowest BCUT2D eigenvalue weighted by Crippen LogP contribution is -2.04. The summed E-state index contributed by atoms with van der Waals surface area (Å²) in [7, 11) is 1.63. The molecule has 0 saturated heterocycles. The molecule has 2 rings (SSSR count). The summed E-state index contributed by atoms with van der Waals surface area (Å²) >= 11 is 3.14. The van der Waals surface area contributed by atoms with Crippen LogP contribution in [0.25, 0.3) is 0 Å². The molecule has 2 aromatic carbocycles. The van der Waals surface area contributed by atoms with E-state index in [2.05, 4.69) is 21.2 Å². The summed E-state index contributed by atoms with van der Waals surface area (Å²) in [6, 6.07) is 10.6. The summed E-state index contributed by atoms with van der Waals surface area (Å²) in [6.07, 6.45) is 0. The number of nitrogen functional groups attached to an aromatic ring is 1. The zero-order valence-corrected chi connectivity index (χ0v) is 12.0.